The number of aliphatic hydroxyl groups is 11. The molecule has 4 heterocycles. The highest BCUT2D eigenvalue weighted by Gasteiger charge is 2.58. The van der Waals surface area contributed by atoms with Crippen molar-refractivity contribution in [1.29, 1.82) is 0 Å². The highest BCUT2D eigenvalue weighted by atomic mass is 16.8. The van der Waals surface area contributed by atoms with Crippen molar-refractivity contribution >= 4 is 0 Å². The molecule has 6 fully saturated rings. The maximum Gasteiger partial charge on any atom is 0.187 e. The van der Waals surface area contributed by atoms with Gasteiger partial charge >= 0.3 is 0 Å². The summed E-state index contributed by atoms with van der Waals surface area (Å²) in [6, 6.07) is 0. The molecule has 4 aliphatic heterocycles. The summed E-state index contributed by atoms with van der Waals surface area (Å²) >= 11 is 0. The van der Waals surface area contributed by atoms with Gasteiger partial charge in [0.15, 0.2) is 25.2 Å². The summed E-state index contributed by atoms with van der Waals surface area (Å²) in [6.07, 6.45) is -16.3. The largest absolute Gasteiger partial charge is 0.394 e. The summed E-state index contributed by atoms with van der Waals surface area (Å²) < 4.78 is 53.5. The molecule has 378 valence electrons. The van der Waals surface area contributed by atoms with Crippen LogP contribution in [0, 0.1) is 28.6 Å². The monoisotopic (exact) mass is 946 g/mol. The highest BCUT2D eigenvalue weighted by Crippen LogP contribution is 2.65. The first-order valence-electron chi connectivity index (χ1n) is 23.8. The fourth-order valence-electron chi connectivity index (χ4n) is 12.7. The van der Waals surface area contributed by atoms with Crippen LogP contribution in [0.2, 0.25) is 0 Å². The molecule has 11 N–H and O–H groups in total. The van der Waals surface area contributed by atoms with Crippen molar-refractivity contribution in [3.05, 3.63) is 23.3 Å². The van der Waals surface area contributed by atoms with E-state index in [9.17, 15) is 56.2 Å². The van der Waals surface area contributed by atoms with Crippen LogP contribution in [-0.2, 0) is 42.6 Å². The Labute approximate surface area is 384 Å². The van der Waals surface area contributed by atoms with Gasteiger partial charge in [-0.25, -0.2) is 0 Å². The zero-order valence-corrected chi connectivity index (χ0v) is 38.5. The number of fused-ring (bicyclic) bond motifs is 5. The molecule has 27 atom stereocenters. The van der Waals surface area contributed by atoms with Crippen molar-refractivity contribution < 1.29 is 98.8 Å². The lowest BCUT2D eigenvalue weighted by molar-refractivity contribution is -0.361. The van der Waals surface area contributed by atoms with Gasteiger partial charge in [0.05, 0.1) is 37.6 Å². The molecule has 0 unspecified atom stereocenters. The molecule has 20 heteroatoms. The number of allylic oxidation sites excluding steroid dienone is 3. The van der Waals surface area contributed by atoms with Crippen LogP contribution in [0.3, 0.4) is 0 Å². The van der Waals surface area contributed by atoms with Gasteiger partial charge in [0.25, 0.3) is 0 Å². The van der Waals surface area contributed by atoms with Crippen LogP contribution in [0.25, 0.3) is 0 Å². The number of hydrogen-bond acceptors (Lipinski definition) is 20. The first-order valence-corrected chi connectivity index (χ1v) is 23.8. The smallest absolute Gasteiger partial charge is 0.187 e. The van der Waals surface area contributed by atoms with Gasteiger partial charge in [-0.1, -0.05) is 37.1 Å². The quantitative estimate of drug-likeness (QED) is 0.0966. The Morgan fingerprint density at radius 2 is 1.24 bits per heavy atom. The molecule has 8 rings (SSSR count). The number of hydrogen-bond donors (Lipinski definition) is 11. The Bertz CT molecular complexity index is 1720. The molecule has 0 aromatic heterocycles. The molecule has 66 heavy (non-hydrogen) atoms. The molecule has 2 saturated carbocycles. The highest BCUT2D eigenvalue weighted by molar-refractivity contribution is 5.35. The van der Waals surface area contributed by atoms with Crippen LogP contribution >= 0.6 is 0 Å². The van der Waals surface area contributed by atoms with Gasteiger partial charge in [-0.05, 0) is 94.3 Å². The van der Waals surface area contributed by atoms with Crippen LogP contribution in [0.5, 0.6) is 0 Å². The first-order chi connectivity index (χ1) is 31.2. The van der Waals surface area contributed by atoms with Gasteiger partial charge in [0.2, 0.25) is 0 Å². The average molecular weight is 947 g/mol. The van der Waals surface area contributed by atoms with Gasteiger partial charge in [-0.2, -0.15) is 0 Å². The second-order valence-corrected chi connectivity index (χ2v) is 20.6. The summed E-state index contributed by atoms with van der Waals surface area (Å²) in [5, 5.41) is 115. The predicted octanol–water partition coefficient (Wildman–Crippen LogP) is -1.77. The lowest BCUT2D eigenvalue weighted by Gasteiger charge is -2.57. The maximum atomic E-state index is 11.5. The SMILES string of the molecule is CO[C@@H]1[C@@H](O)[C@H](O[C@H]2CC[C@@]3(C)C(=CC[C@H]4C5=CC[C@H]([C@@H](C)O[C@@H]6O[C@H](CO[C@@H]7O[C@@H](C)[C@H](O)[C@@H](O)[C@H]7O)[C@@H](O)[C@H](O)[C@H]6O)[C@@]5(C)CC[C@@H]43)C2)O[C@H](C)[C@@H]1O[C@@H]1O[C@H](CO)[C@@H](O)[C@H](O)[C@H]1O. The average Bonchev–Trinajstić information content (AvgIpc) is 3.66. The summed E-state index contributed by atoms with van der Waals surface area (Å²) in [5.74, 6) is 0.740. The number of methoxy groups -OCH3 is 1. The van der Waals surface area contributed by atoms with Gasteiger partial charge in [0.1, 0.15) is 85.5 Å². The van der Waals surface area contributed by atoms with Gasteiger partial charge < -0.3 is 98.8 Å². The van der Waals surface area contributed by atoms with E-state index >= 15 is 0 Å². The lowest BCUT2D eigenvalue weighted by atomic mass is 9.48. The number of ether oxygens (including phenoxy) is 9. The van der Waals surface area contributed by atoms with E-state index < -0.39 is 136 Å². The van der Waals surface area contributed by atoms with E-state index in [2.05, 4.69) is 26.0 Å². The van der Waals surface area contributed by atoms with Gasteiger partial charge in [-0.3, -0.25) is 0 Å². The zero-order valence-electron chi connectivity index (χ0n) is 38.5. The Kier molecular flexibility index (Phi) is 15.5. The van der Waals surface area contributed by atoms with E-state index in [-0.39, 0.29) is 29.5 Å². The number of rotatable bonds is 12. The molecule has 0 radical (unpaired) electrons. The molecular formula is C46H74O20. The fraction of sp³-hybridized carbons (Fsp3) is 0.913. The number of aliphatic hydroxyl groups excluding tert-OH is 11. The predicted molar refractivity (Wildman–Crippen MR) is 225 cm³/mol. The Hall–Kier alpha value is -1.32. The van der Waals surface area contributed by atoms with Crippen molar-refractivity contribution in [2.24, 2.45) is 28.6 Å². The Morgan fingerprint density at radius 3 is 1.94 bits per heavy atom. The molecule has 8 aliphatic rings. The minimum Gasteiger partial charge on any atom is -0.394 e. The van der Waals surface area contributed by atoms with E-state index in [1.807, 2.05) is 6.92 Å². The van der Waals surface area contributed by atoms with E-state index in [1.54, 1.807) is 6.92 Å². The summed E-state index contributed by atoms with van der Waals surface area (Å²) in [4.78, 5) is 0. The minimum atomic E-state index is -1.63. The fourth-order valence-corrected chi connectivity index (χ4v) is 12.7. The van der Waals surface area contributed by atoms with Crippen LogP contribution in [0.15, 0.2) is 23.3 Å². The molecule has 0 bridgehead atoms. The molecule has 4 saturated heterocycles. The van der Waals surface area contributed by atoms with Crippen molar-refractivity contribution in [3.8, 4) is 0 Å². The third-order valence-corrected chi connectivity index (χ3v) is 16.8. The van der Waals surface area contributed by atoms with Gasteiger partial charge in [-0.15, -0.1) is 0 Å². The van der Waals surface area contributed by atoms with Crippen LogP contribution < -0.4 is 0 Å². The minimum absolute atomic E-state index is 0.0351. The second-order valence-electron chi connectivity index (χ2n) is 20.6. The van der Waals surface area contributed by atoms with Crippen molar-refractivity contribution in [2.45, 2.75) is 215 Å². The second kappa shape index (κ2) is 20.1. The van der Waals surface area contributed by atoms with E-state index in [0.717, 1.165) is 38.5 Å². The van der Waals surface area contributed by atoms with Crippen LogP contribution in [0.4, 0.5) is 0 Å². The molecule has 0 amide bonds. The maximum absolute atomic E-state index is 11.5. The van der Waals surface area contributed by atoms with Gasteiger partial charge in [0, 0.05) is 7.11 Å². The Balaban J connectivity index is 0.868. The molecule has 0 aromatic carbocycles. The normalized spacial score (nSPS) is 53.5. The summed E-state index contributed by atoms with van der Waals surface area (Å²) in [7, 11) is 1.41. The lowest BCUT2D eigenvalue weighted by Crippen LogP contribution is -2.64. The molecule has 4 aliphatic carbocycles. The molecule has 0 spiro atoms. The first kappa shape index (κ1) is 51.0. The third kappa shape index (κ3) is 9.12. The third-order valence-electron chi connectivity index (χ3n) is 16.8. The van der Waals surface area contributed by atoms with Crippen molar-refractivity contribution in [3.63, 3.8) is 0 Å². The topological polar surface area (TPSA) is 306 Å². The van der Waals surface area contributed by atoms with E-state index in [4.69, 9.17) is 42.6 Å². The molecule has 20 nitrogen and oxygen atoms in total. The summed E-state index contributed by atoms with van der Waals surface area (Å²) in [6.45, 7) is 8.84. The van der Waals surface area contributed by atoms with Crippen LogP contribution in [0.1, 0.15) is 79.6 Å². The summed E-state index contributed by atoms with van der Waals surface area (Å²) in [5.41, 5.74) is 2.46. The Morgan fingerprint density at radius 1 is 0.636 bits per heavy atom. The van der Waals surface area contributed by atoms with E-state index in [0.29, 0.717) is 18.3 Å². The molecule has 0 aromatic rings. The van der Waals surface area contributed by atoms with Crippen molar-refractivity contribution in [2.75, 3.05) is 20.3 Å². The van der Waals surface area contributed by atoms with Crippen molar-refractivity contribution in [1.82, 2.24) is 0 Å². The standard InChI is InChI=1S/C46H74O20/c1-18(60-42-36(55)34(53)31(50)28(65-42)17-59-41-35(54)32(51)29(48)19(2)61-41)24-9-10-25-23-8-7-21-15-22(11-13-45(21,4)26(23)12-14-46(24,25)5)63-44-38(57)40(58-6)39(20(3)62-44)66-43-37(56)33(52)30(49)27(16-47)64-43/h7,10,18-20,22-24,26-44,47-57H,8-9,11-17H2,1-6H3/t18-,19+,20-,22+,23+,24-,26+,27-,28-,29+,30-,31-,32-,33+,34+,35-,36-,37-,38-,39+,40-,41-,42-,43+,44+,45+,46-/m1/s1. The molecular weight excluding hydrogens is 872 g/mol. The zero-order chi connectivity index (χ0) is 47.7. The van der Waals surface area contributed by atoms with Crippen LogP contribution in [-0.4, -0.2) is 212 Å². The van der Waals surface area contributed by atoms with E-state index in [1.165, 1.54) is 25.2 Å².